The Bertz CT molecular complexity index is 888. The van der Waals surface area contributed by atoms with E-state index in [1.807, 2.05) is 37.8 Å². The first-order valence-electron chi connectivity index (χ1n) is 8.61. The van der Waals surface area contributed by atoms with E-state index in [0.29, 0.717) is 29.3 Å². The fourth-order valence-electron chi connectivity index (χ4n) is 2.35. The molecule has 2 rings (SSSR count). The molecule has 1 heterocycles. The van der Waals surface area contributed by atoms with Crippen LogP contribution in [-0.2, 0) is 18.1 Å². The normalized spacial score (nSPS) is 13.3. The lowest BCUT2D eigenvalue weighted by Crippen LogP contribution is -2.18. The molecule has 2 aromatic rings. The molecule has 0 aliphatic rings. The minimum Gasteiger partial charge on any atom is -0.298 e. The predicted octanol–water partition coefficient (Wildman–Crippen LogP) is 5.55. The topological polar surface area (TPSA) is 34.4 Å². The quantitative estimate of drug-likeness (QED) is 0.618. The second-order valence-corrected chi connectivity index (χ2v) is 8.22. The molecule has 0 aliphatic heterocycles. The van der Waals surface area contributed by atoms with Gasteiger partial charge in [0.15, 0.2) is 0 Å². The maximum atomic E-state index is 14.0. The lowest BCUT2D eigenvalue weighted by atomic mass is 10.1. The number of nitrogens with zero attached hydrogens (tertiary/aromatic N) is 2. The van der Waals surface area contributed by atoms with E-state index >= 15 is 0 Å². The number of aryl methyl sites for hydroxylation is 1. The van der Waals surface area contributed by atoms with Crippen LogP contribution in [0, 0.1) is 5.82 Å². The van der Waals surface area contributed by atoms with Gasteiger partial charge in [-0.15, -0.1) is 0 Å². The third kappa shape index (κ3) is 5.28. The molecule has 1 aromatic heterocycles. The molecule has 27 heavy (non-hydrogen) atoms. The highest BCUT2D eigenvalue weighted by Crippen LogP contribution is 2.30. The summed E-state index contributed by atoms with van der Waals surface area (Å²) < 4.78 is 54.9. The van der Waals surface area contributed by atoms with Crippen molar-refractivity contribution in [2.75, 3.05) is 0 Å². The van der Waals surface area contributed by atoms with E-state index in [1.54, 1.807) is 0 Å². The highest BCUT2D eigenvalue weighted by Gasteiger charge is 2.32. The smallest absolute Gasteiger partial charge is 0.298 e. The Hall–Kier alpha value is -1.96. The van der Waals surface area contributed by atoms with E-state index in [0.717, 1.165) is 18.4 Å². The molecule has 0 aliphatic carbocycles. The van der Waals surface area contributed by atoms with Crippen molar-refractivity contribution in [3.8, 4) is 0 Å². The number of carbonyl (C=O) groups excluding carboxylic acids is 1. The summed E-state index contributed by atoms with van der Waals surface area (Å²) in [6.45, 7) is 8.01. The van der Waals surface area contributed by atoms with Crippen LogP contribution >= 0.6 is 11.5 Å². The van der Waals surface area contributed by atoms with Gasteiger partial charge in [0.2, 0.25) is 0 Å². The molecule has 0 unspecified atom stereocenters. The van der Waals surface area contributed by atoms with Crippen molar-refractivity contribution in [2.45, 2.75) is 58.7 Å². The monoisotopic (exact) mass is 402 g/mol. The minimum atomic E-state index is -4.66. The molecule has 0 spiro atoms. The van der Waals surface area contributed by atoms with Crippen LogP contribution in [0.2, 0.25) is 0 Å². The van der Waals surface area contributed by atoms with Crippen molar-refractivity contribution >= 4 is 17.4 Å². The number of hydrogen-bond acceptors (Lipinski definition) is 2. The number of halogens is 4. The van der Waals surface area contributed by atoms with Crippen molar-refractivity contribution in [1.82, 2.24) is 3.96 Å². The van der Waals surface area contributed by atoms with Gasteiger partial charge in [-0.3, -0.25) is 8.75 Å². The van der Waals surface area contributed by atoms with E-state index in [4.69, 9.17) is 0 Å². The van der Waals surface area contributed by atoms with Crippen LogP contribution in [0.15, 0.2) is 29.4 Å². The lowest BCUT2D eigenvalue weighted by molar-refractivity contribution is -0.137. The number of rotatable bonds is 4. The minimum absolute atomic E-state index is 0.232. The second-order valence-electron chi connectivity index (χ2n) is 7.26. The van der Waals surface area contributed by atoms with Crippen LogP contribution in [0.1, 0.15) is 62.0 Å². The van der Waals surface area contributed by atoms with Crippen LogP contribution in [0.5, 0.6) is 0 Å². The second kappa shape index (κ2) is 7.96. The number of hydrogen-bond donors (Lipinski definition) is 0. The molecule has 148 valence electrons. The standard InChI is InChI=1S/C19H22F4N2OS/c1-5-6-7-12-11-25(18(2,3)4)27-17(12)24-16(26)14-10-13(19(21,22)23)8-9-15(14)20/h8-11H,5-7H2,1-4H3/b24-17-. The Balaban J connectivity index is 2.52. The summed E-state index contributed by atoms with van der Waals surface area (Å²) in [5.41, 5.74) is -1.16. The molecule has 1 amide bonds. The summed E-state index contributed by atoms with van der Waals surface area (Å²) >= 11 is 1.24. The summed E-state index contributed by atoms with van der Waals surface area (Å²) in [7, 11) is 0. The first kappa shape index (κ1) is 21.3. The molecule has 0 N–H and O–H groups in total. The molecular formula is C19H22F4N2OS. The van der Waals surface area contributed by atoms with Gasteiger partial charge in [0.25, 0.3) is 5.91 Å². The van der Waals surface area contributed by atoms with Crippen LogP contribution in [-0.4, -0.2) is 9.86 Å². The van der Waals surface area contributed by atoms with Gasteiger partial charge in [-0.05, 0) is 63.3 Å². The summed E-state index contributed by atoms with van der Waals surface area (Å²) in [6, 6.07) is 1.77. The Morgan fingerprint density at radius 1 is 1.22 bits per heavy atom. The molecule has 0 fully saturated rings. The highest BCUT2D eigenvalue weighted by atomic mass is 32.1. The van der Waals surface area contributed by atoms with E-state index in [9.17, 15) is 22.4 Å². The molecule has 3 nitrogen and oxygen atoms in total. The Morgan fingerprint density at radius 3 is 2.44 bits per heavy atom. The summed E-state index contributed by atoms with van der Waals surface area (Å²) in [5.74, 6) is -2.04. The number of alkyl halides is 3. The predicted molar refractivity (Wildman–Crippen MR) is 97.2 cm³/mol. The van der Waals surface area contributed by atoms with E-state index in [1.165, 1.54) is 11.5 Å². The van der Waals surface area contributed by atoms with E-state index in [-0.39, 0.29) is 5.54 Å². The first-order valence-corrected chi connectivity index (χ1v) is 9.39. The summed E-state index contributed by atoms with van der Waals surface area (Å²) in [4.78, 5) is 16.4. The zero-order chi connectivity index (χ0) is 20.4. The SMILES string of the molecule is CCCCc1cn(C(C)(C)C)s/c1=N\C(=O)c1cc(C(F)(F)F)ccc1F. The Morgan fingerprint density at radius 2 is 1.89 bits per heavy atom. The third-order valence-corrected chi connectivity index (χ3v) is 5.30. The van der Waals surface area contributed by atoms with Crippen molar-refractivity contribution in [3.05, 3.63) is 51.6 Å². The zero-order valence-electron chi connectivity index (χ0n) is 15.7. The van der Waals surface area contributed by atoms with Gasteiger partial charge < -0.3 is 0 Å². The van der Waals surface area contributed by atoms with E-state index < -0.39 is 29.0 Å². The summed E-state index contributed by atoms with van der Waals surface area (Å²) in [6.07, 6.45) is -0.244. The molecule has 0 bridgehead atoms. The van der Waals surface area contributed by atoms with Crippen LogP contribution in [0.3, 0.4) is 0 Å². The molecule has 0 saturated heterocycles. The number of benzene rings is 1. The Labute approximate surface area is 159 Å². The maximum Gasteiger partial charge on any atom is 0.416 e. The van der Waals surface area contributed by atoms with Crippen molar-refractivity contribution in [2.24, 2.45) is 4.99 Å². The number of aromatic nitrogens is 1. The first-order chi connectivity index (χ1) is 12.4. The lowest BCUT2D eigenvalue weighted by Gasteiger charge is -2.19. The average molecular weight is 402 g/mol. The fourth-order valence-corrected chi connectivity index (χ4v) is 3.39. The van der Waals surface area contributed by atoms with Gasteiger partial charge in [0.05, 0.1) is 11.1 Å². The van der Waals surface area contributed by atoms with Crippen molar-refractivity contribution < 1.29 is 22.4 Å². The number of amides is 1. The summed E-state index contributed by atoms with van der Waals surface area (Å²) in [5, 5.41) is 0. The molecule has 0 atom stereocenters. The van der Waals surface area contributed by atoms with Gasteiger partial charge in [0, 0.05) is 17.3 Å². The van der Waals surface area contributed by atoms with Gasteiger partial charge in [-0.2, -0.15) is 18.2 Å². The molecule has 0 radical (unpaired) electrons. The molecular weight excluding hydrogens is 380 g/mol. The third-order valence-electron chi connectivity index (χ3n) is 3.92. The maximum absolute atomic E-state index is 14.0. The van der Waals surface area contributed by atoms with E-state index in [2.05, 4.69) is 4.99 Å². The van der Waals surface area contributed by atoms with Gasteiger partial charge in [-0.1, -0.05) is 13.3 Å². The van der Waals surface area contributed by atoms with Crippen molar-refractivity contribution in [3.63, 3.8) is 0 Å². The van der Waals surface area contributed by atoms with Crippen LogP contribution in [0.25, 0.3) is 0 Å². The van der Waals surface area contributed by atoms with Crippen LogP contribution < -0.4 is 4.67 Å². The van der Waals surface area contributed by atoms with Crippen LogP contribution in [0.4, 0.5) is 17.6 Å². The highest BCUT2D eigenvalue weighted by molar-refractivity contribution is 7.04. The molecule has 0 saturated carbocycles. The number of unbranched alkanes of at least 4 members (excludes halogenated alkanes) is 1. The van der Waals surface area contributed by atoms with Crippen molar-refractivity contribution in [1.29, 1.82) is 0 Å². The van der Waals surface area contributed by atoms with Gasteiger partial charge in [-0.25, -0.2) is 4.39 Å². The molecule has 8 heteroatoms. The number of carbonyl (C=O) groups is 1. The zero-order valence-corrected chi connectivity index (χ0v) is 16.5. The fraction of sp³-hybridized carbons (Fsp3) is 0.474. The average Bonchev–Trinajstić information content (AvgIpc) is 2.95. The Kier molecular flexibility index (Phi) is 6.29. The van der Waals surface area contributed by atoms with Gasteiger partial charge >= 0.3 is 6.18 Å². The largest absolute Gasteiger partial charge is 0.416 e. The van der Waals surface area contributed by atoms with Gasteiger partial charge in [0.1, 0.15) is 10.5 Å². The molecule has 1 aromatic carbocycles.